The van der Waals surface area contributed by atoms with Gasteiger partial charge in [0, 0.05) is 37.0 Å². The Bertz CT molecular complexity index is 977. The minimum absolute atomic E-state index is 0.306. The smallest absolute Gasteiger partial charge is 0.263 e. The number of aliphatic imine (C=N–C) groups is 1. The topological polar surface area (TPSA) is 87.5 Å². The van der Waals surface area contributed by atoms with E-state index >= 15 is 0 Å². The lowest BCUT2D eigenvalue weighted by atomic mass is 10.0. The molecule has 5 rings (SSSR count). The summed E-state index contributed by atoms with van der Waals surface area (Å²) in [5.74, 6) is 2.37. The molecule has 2 aromatic rings. The van der Waals surface area contributed by atoms with Gasteiger partial charge in [0.05, 0.1) is 10.6 Å². The molecule has 1 aromatic carbocycles. The summed E-state index contributed by atoms with van der Waals surface area (Å²) in [5.41, 5.74) is 1.76. The Morgan fingerprint density at radius 1 is 1.12 bits per heavy atom. The van der Waals surface area contributed by atoms with Crippen LogP contribution in [0.3, 0.4) is 0 Å². The number of anilines is 1. The molecule has 0 radical (unpaired) electrons. The molecule has 0 bridgehead atoms. The molecule has 2 fully saturated rings. The van der Waals surface area contributed by atoms with Crippen molar-refractivity contribution >= 4 is 21.7 Å². The van der Waals surface area contributed by atoms with Crippen molar-refractivity contribution in [2.45, 2.75) is 23.7 Å². The highest BCUT2D eigenvalue weighted by Gasteiger charge is 2.32. The van der Waals surface area contributed by atoms with Gasteiger partial charge >= 0.3 is 0 Å². The summed E-state index contributed by atoms with van der Waals surface area (Å²) in [5, 5.41) is 8.65. The minimum Gasteiger partial charge on any atom is -0.354 e. The quantitative estimate of drug-likeness (QED) is 0.883. The maximum Gasteiger partial charge on any atom is 0.263 e. The average Bonchev–Trinajstić information content (AvgIpc) is 3.41. The molecule has 8 heteroatoms. The van der Waals surface area contributed by atoms with Crippen LogP contribution < -0.4 is 9.62 Å². The van der Waals surface area contributed by atoms with Crippen LogP contribution in [-0.4, -0.2) is 44.1 Å². The number of hydrogen-bond acceptors (Lipinski definition) is 6. The standard InChI is InChI=1S/C18H19N5O2S/c24-26(25)16-4-2-1-3-14(16)18(22-26)19-9-12-10-23(11-12)17-8-7-15(20-21-17)13-5-6-13/h1-4,7-8,12-13H,5-6,9-11H2,(H,19,22). The summed E-state index contributed by atoms with van der Waals surface area (Å²) in [6.07, 6.45) is 2.46. The van der Waals surface area contributed by atoms with E-state index in [0.29, 0.717) is 34.7 Å². The maximum atomic E-state index is 12.1. The summed E-state index contributed by atoms with van der Waals surface area (Å²) >= 11 is 0. The first-order valence-electron chi connectivity index (χ1n) is 8.85. The molecule has 26 heavy (non-hydrogen) atoms. The lowest BCUT2D eigenvalue weighted by Gasteiger charge is -2.39. The Morgan fingerprint density at radius 3 is 2.65 bits per heavy atom. The number of fused-ring (bicyclic) bond motifs is 1. The zero-order valence-electron chi connectivity index (χ0n) is 14.2. The third-order valence-electron chi connectivity index (χ3n) is 5.12. The number of sulfonamides is 1. The molecule has 1 aliphatic carbocycles. The molecular weight excluding hydrogens is 350 g/mol. The van der Waals surface area contributed by atoms with E-state index in [-0.39, 0.29) is 0 Å². The highest BCUT2D eigenvalue weighted by atomic mass is 32.2. The van der Waals surface area contributed by atoms with Crippen molar-refractivity contribution in [1.82, 2.24) is 14.9 Å². The number of rotatable bonds is 4. The second kappa shape index (κ2) is 5.77. The lowest BCUT2D eigenvalue weighted by Crippen LogP contribution is -2.48. The van der Waals surface area contributed by atoms with E-state index in [1.54, 1.807) is 18.2 Å². The van der Waals surface area contributed by atoms with Gasteiger partial charge in [-0.1, -0.05) is 12.1 Å². The van der Waals surface area contributed by atoms with E-state index in [2.05, 4.69) is 30.9 Å². The summed E-state index contributed by atoms with van der Waals surface area (Å²) < 4.78 is 26.7. The Kier molecular flexibility index (Phi) is 3.49. The van der Waals surface area contributed by atoms with Gasteiger partial charge in [-0.15, -0.1) is 5.10 Å². The largest absolute Gasteiger partial charge is 0.354 e. The molecule has 3 heterocycles. The first-order valence-corrected chi connectivity index (χ1v) is 10.3. The fourth-order valence-corrected chi connectivity index (χ4v) is 4.70. The van der Waals surface area contributed by atoms with Crippen molar-refractivity contribution in [3.05, 3.63) is 47.7 Å². The minimum atomic E-state index is -3.46. The molecule has 1 N–H and O–H groups in total. The first-order chi connectivity index (χ1) is 12.6. The second-order valence-electron chi connectivity index (χ2n) is 7.15. The average molecular weight is 369 g/mol. The number of benzene rings is 1. The lowest BCUT2D eigenvalue weighted by molar-refractivity contribution is 0.416. The molecule has 0 spiro atoms. The van der Waals surface area contributed by atoms with Crippen LogP contribution in [0.2, 0.25) is 0 Å². The van der Waals surface area contributed by atoms with E-state index in [4.69, 9.17) is 0 Å². The Morgan fingerprint density at radius 2 is 1.92 bits per heavy atom. The van der Waals surface area contributed by atoms with Gasteiger partial charge in [0.25, 0.3) is 10.0 Å². The van der Waals surface area contributed by atoms with Crippen LogP contribution in [0.1, 0.15) is 30.0 Å². The van der Waals surface area contributed by atoms with Gasteiger partial charge in [-0.25, -0.2) is 8.42 Å². The van der Waals surface area contributed by atoms with Crippen molar-refractivity contribution in [1.29, 1.82) is 0 Å². The van der Waals surface area contributed by atoms with Crippen LogP contribution in [-0.2, 0) is 10.0 Å². The van der Waals surface area contributed by atoms with E-state index in [1.165, 1.54) is 12.8 Å². The van der Waals surface area contributed by atoms with Gasteiger partial charge in [0.1, 0.15) is 5.84 Å². The number of aromatic nitrogens is 2. The number of amidine groups is 1. The van der Waals surface area contributed by atoms with Crippen LogP contribution in [0.25, 0.3) is 0 Å². The molecule has 2 aliphatic heterocycles. The van der Waals surface area contributed by atoms with Crippen LogP contribution in [0.4, 0.5) is 5.82 Å². The van der Waals surface area contributed by atoms with Crippen molar-refractivity contribution in [2.75, 3.05) is 24.5 Å². The molecule has 1 aromatic heterocycles. The van der Waals surface area contributed by atoms with Crippen molar-refractivity contribution in [3.8, 4) is 0 Å². The SMILES string of the molecule is O=S1(=O)NC(=NCC2CN(c3ccc(C4CC4)nn3)C2)c2ccccc21. The zero-order chi connectivity index (χ0) is 17.7. The van der Waals surface area contributed by atoms with Crippen molar-refractivity contribution < 1.29 is 8.42 Å². The fraction of sp³-hybridized carbons (Fsp3) is 0.389. The number of nitrogens with zero attached hydrogens (tertiary/aromatic N) is 4. The number of hydrogen-bond donors (Lipinski definition) is 1. The fourth-order valence-electron chi connectivity index (χ4n) is 3.45. The molecule has 0 unspecified atom stereocenters. The zero-order valence-corrected chi connectivity index (χ0v) is 15.0. The monoisotopic (exact) mass is 369 g/mol. The van der Waals surface area contributed by atoms with Crippen LogP contribution in [0, 0.1) is 5.92 Å². The van der Waals surface area contributed by atoms with Gasteiger partial charge in [-0.2, -0.15) is 5.10 Å². The summed E-state index contributed by atoms with van der Waals surface area (Å²) in [4.78, 5) is 7.01. The number of nitrogens with one attached hydrogen (secondary N) is 1. The molecule has 1 saturated heterocycles. The molecule has 3 aliphatic rings. The highest BCUT2D eigenvalue weighted by Crippen LogP contribution is 2.39. The molecule has 7 nitrogen and oxygen atoms in total. The van der Waals surface area contributed by atoms with Gasteiger partial charge in [0.2, 0.25) is 0 Å². The van der Waals surface area contributed by atoms with Gasteiger partial charge in [-0.05, 0) is 37.1 Å². The van der Waals surface area contributed by atoms with E-state index in [9.17, 15) is 8.42 Å². The highest BCUT2D eigenvalue weighted by molar-refractivity contribution is 7.90. The Balaban J connectivity index is 1.22. The maximum absolute atomic E-state index is 12.1. The predicted molar refractivity (Wildman–Crippen MR) is 97.9 cm³/mol. The van der Waals surface area contributed by atoms with Crippen LogP contribution >= 0.6 is 0 Å². The van der Waals surface area contributed by atoms with E-state index in [1.807, 2.05) is 12.1 Å². The summed E-state index contributed by atoms with van der Waals surface area (Å²) in [7, 11) is -3.46. The van der Waals surface area contributed by atoms with E-state index < -0.39 is 10.0 Å². The van der Waals surface area contributed by atoms with Crippen molar-refractivity contribution in [2.24, 2.45) is 10.9 Å². The third kappa shape index (κ3) is 2.74. The Labute approximate surface area is 152 Å². The molecule has 134 valence electrons. The molecule has 1 saturated carbocycles. The van der Waals surface area contributed by atoms with E-state index in [0.717, 1.165) is 24.6 Å². The van der Waals surface area contributed by atoms with Crippen LogP contribution in [0.5, 0.6) is 0 Å². The van der Waals surface area contributed by atoms with Crippen molar-refractivity contribution in [3.63, 3.8) is 0 Å². The first kappa shape index (κ1) is 15.7. The predicted octanol–water partition coefficient (Wildman–Crippen LogP) is 1.53. The van der Waals surface area contributed by atoms with Crippen LogP contribution in [0.15, 0.2) is 46.3 Å². The van der Waals surface area contributed by atoms with Gasteiger partial charge in [0.15, 0.2) is 5.82 Å². The molecule has 0 atom stereocenters. The second-order valence-corrected chi connectivity index (χ2v) is 8.80. The Hall–Kier alpha value is -2.48. The third-order valence-corrected chi connectivity index (χ3v) is 6.52. The van der Waals surface area contributed by atoms with Gasteiger partial charge in [-0.3, -0.25) is 9.71 Å². The van der Waals surface area contributed by atoms with Gasteiger partial charge < -0.3 is 4.90 Å². The summed E-state index contributed by atoms with van der Waals surface area (Å²) in [6, 6.07) is 11.1. The molecule has 0 amide bonds. The summed E-state index contributed by atoms with van der Waals surface area (Å²) in [6.45, 7) is 2.32. The normalized spacial score (nSPS) is 22.8. The molecular formula is C18H19N5O2S.